The Balaban J connectivity index is 1.13. The lowest BCUT2D eigenvalue weighted by Crippen LogP contribution is -2.37. The summed E-state index contributed by atoms with van der Waals surface area (Å²) < 4.78 is 17.5. The Morgan fingerprint density at radius 3 is 2.02 bits per heavy atom. The molecule has 3 unspecified atom stereocenters. The number of methoxy groups -OCH3 is 2. The Bertz CT molecular complexity index is 1940. The van der Waals surface area contributed by atoms with Gasteiger partial charge in [0.05, 0.1) is 47.3 Å². The van der Waals surface area contributed by atoms with Crippen LogP contribution in [0.5, 0.6) is 17.5 Å². The largest absolute Gasteiger partial charge is 0.491 e. The van der Waals surface area contributed by atoms with E-state index in [4.69, 9.17) is 47.4 Å². The fraction of sp³-hybridized carbons (Fsp3) is 0.351. The zero-order valence-electron chi connectivity index (χ0n) is 27.8. The first-order chi connectivity index (χ1) is 24.3. The number of nitrogens with one attached hydrogen (secondary N) is 4. The molecule has 0 radical (unpaired) electrons. The van der Waals surface area contributed by atoms with E-state index in [2.05, 4.69) is 21.3 Å². The number of nitrogens with zero attached hydrogens (tertiary/aromatic N) is 2. The normalized spacial score (nSPS) is 19.6. The first-order valence-corrected chi connectivity index (χ1v) is 17.4. The van der Waals surface area contributed by atoms with Crippen molar-refractivity contribution in [3.63, 3.8) is 0 Å². The highest BCUT2D eigenvalue weighted by Gasteiger charge is 2.32. The Morgan fingerprint density at radius 2 is 1.40 bits per heavy atom. The number of halogens is 2. The van der Waals surface area contributed by atoms with Crippen LogP contribution in [0, 0.1) is 0 Å². The van der Waals surface area contributed by atoms with Crippen LogP contribution in [-0.4, -0.2) is 67.8 Å². The Morgan fingerprint density at radius 1 is 0.800 bits per heavy atom. The van der Waals surface area contributed by atoms with Crippen molar-refractivity contribution in [3.8, 4) is 51.2 Å². The maximum Gasteiger partial charge on any atom is 0.222 e. The molecule has 2 aromatic heterocycles. The monoisotopic (exact) mass is 716 g/mol. The predicted molar refractivity (Wildman–Crippen MR) is 192 cm³/mol. The van der Waals surface area contributed by atoms with E-state index in [0.29, 0.717) is 83.6 Å². The van der Waals surface area contributed by atoms with Gasteiger partial charge < -0.3 is 35.5 Å². The van der Waals surface area contributed by atoms with E-state index in [1.165, 1.54) is 0 Å². The average Bonchev–Trinajstić information content (AvgIpc) is 3.86. The summed E-state index contributed by atoms with van der Waals surface area (Å²) in [5, 5.41) is 13.8. The zero-order chi connectivity index (χ0) is 34.8. The second-order valence-corrected chi connectivity index (χ2v) is 13.4. The molecule has 2 amide bonds. The van der Waals surface area contributed by atoms with Crippen molar-refractivity contribution in [1.82, 2.24) is 31.2 Å². The Hall–Kier alpha value is -4.42. The first-order valence-electron chi connectivity index (χ1n) is 16.7. The zero-order valence-corrected chi connectivity index (χ0v) is 29.3. The third kappa shape index (κ3) is 6.96. The highest BCUT2D eigenvalue weighted by molar-refractivity contribution is 6.39. The van der Waals surface area contributed by atoms with Crippen molar-refractivity contribution in [3.05, 3.63) is 75.8 Å². The van der Waals surface area contributed by atoms with Crippen LogP contribution in [0.2, 0.25) is 10.0 Å². The van der Waals surface area contributed by atoms with Gasteiger partial charge in [0.1, 0.15) is 12.4 Å². The molecule has 2 saturated heterocycles. The van der Waals surface area contributed by atoms with E-state index in [1.807, 2.05) is 54.6 Å². The molecule has 2 aromatic carbocycles. The first kappa shape index (κ1) is 34.0. The van der Waals surface area contributed by atoms with Gasteiger partial charge in [-0.25, -0.2) is 9.97 Å². The molecule has 13 heteroatoms. The molecule has 3 aliphatic rings. The van der Waals surface area contributed by atoms with Crippen LogP contribution in [0.15, 0.2) is 54.6 Å². The molecule has 0 saturated carbocycles. The molecule has 5 heterocycles. The van der Waals surface area contributed by atoms with E-state index in [1.54, 1.807) is 14.2 Å². The Kier molecular flexibility index (Phi) is 10.1. The van der Waals surface area contributed by atoms with E-state index < -0.39 is 0 Å². The van der Waals surface area contributed by atoms with Crippen molar-refractivity contribution in [2.45, 2.75) is 50.4 Å². The number of fused-ring (bicyclic) bond motifs is 1. The molecule has 7 rings (SSSR count). The highest BCUT2D eigenvalue weighted by atomic mass is 35.5. The van der Waals surface area contributed by atoms with Crippen LogP contribution in [0.3, 0.4) is 0 Å². The van der Waals surface area contributed by atoms with E-state index in [0.717, 1.165) is 40.7 Å². The molecular formula is C37H38Cl2N6O5. The van der Waals surface area contributed by atoms with Gasteiger partial charge in [-0.3, -0.25) is 9.59 Å². The number of pyridine rings is 2. The lowest BCUT2D eigenvalue weighted by atomic mass is 9.97. The van der Waals surface area contributed by atoms with Crippen LogP contribution in [0.4, 0.5) is 0 Å². The summed E-state index contributed by atoms with van der Waals surface area (Å²) in [7, 11) is 3.18. The summed E-state index contributed by atoms with van der Waals surface area (Å²) in [4.78, 5) is 32.8. The minimum absolute atomic E-state index is 0.0828. The number of carbonyl (C=O) groups excluding carboxylic acids is 2. The quantitative estimate of drug-likeness (QED) is 0.151. The summed E-state index contributed by atoms with van der Waals surface area (Å²) in [5.74, 6) is 1.80. The third-order valence-corrected chi connectivity index (χ3v) is 10.2. The second-order valence-electron chi connectivity index (χ2n) is 12.6. The molecule has 0 aliphatic carbocycles. The minimum atomic E-state index is -0.124. The fourth-order valence-electron chi connectivity index (χ4n) is 6.79. The molecule has 260 valence electrons. The number of hydrogen-bond donors (Lipinski definition) is 4. The van der Waals surface area contributed by atoms with Crippen LogP contribution in [0.1, 0.15) is 42.9 Å². The SMILES string of the molecule is COc1nc(-c2cccc(-c3cccc(-c4cc5c(c(OC)n4)C(NCC4CCC(=O)N4)CO5)c3Cl)c2Cl)ccc1CNCC1CCC(=O)N1. The lowest BCUT2D eigenvalue weighted by molar-refractivity contribution is -0.120. The van der Waals surface area contributed by atoms with Crippen LogP contribution in [-0.2, 0) is 16.1 Å². The number of hydrogen-bond acceptors (Lipinski definition) is 9. The second kappa shape index (κ2) is 14.8. The summed E-state index contributed by atoms with van der Waals surface area (Å²) in [6.07, 6.45) is 2.76. The molecule has 11 nitrogen and oxygen atoms in total. The van der Waals surface area contributed by atoms with E-state index in [9.17, 15) is 9.59 Å². The molecule has 3 aliphatic heterocycles. The number of amides is 2. The van der Waals surface area contributed by atoms with Crippen molar-refractivity contribution in [1.29, 1.82) is 0 Å². The fourth-order valence-corrected chi connectivity index (χ4v) is 7.44. The van der Waals surface area contributed by atoms with Crippen LogP contribution in [0.25, 0.3) is 33.6 Å². The Labute approximate surface area is 300 Å². The van der Waals surface area contributed by atoms with Gasteiger partial charge in [0.25, 0.3) is 0 Å². The van der Waals surface area contributed by atoms with Gasteiger partial charge in [0, 0.05) is 78.4 Å². The van der Waals surface area contributed by atoms with Gasteiger partial charge in [-0.2, -0.15) is 0 Å². The summed E-state index contributed by atoms with van der Waals surface area (Å²) in [6.45, 7) is 2.27. The van der Waals surface area contributed by atoms with E-state index in [-0.39, 0.29) is 29.9 Å². The summed E-state index contributed by atoms with van der Waals surface area (Å²) in [5.41, 5.74) is 5.93. The van der Waals surface area contributed by atoms with Crippen molar-refractivity contribution in [2.24, 2.45) is 0 Å². The maximum atomic E-state index is 11.6. The van der Waals surface area contributed by atoms with Gasteiger partial charge in [0.2, 0.25) is 23.6 Å². The molecule has 4 aromatic rings. The van der Waals surface area contributed by atoms with Gasteiger partial charge in [-0.05, 0) is 18.9 Å². The number of rotatable bonds is 12. The molecule has 3 atom stereocenters. The molecule has 50 heavy (non-hydrogen) atoms. The summed E-state index contributed by atoms with van der Waals surface area (Å²) in [6, 6.07) is 17.4. The van der Waals surface area contributed by atoms with Gasteiger partial charge in [0.15, 0.2) is 0 Å². The molecular weight excluding hydrogens is 679 g/mol. The molecule has 0 bridgehead atoms. The average molecular weight is 718 g/mol. The number of carbonyl (C=O) groups is 2. The van der Waals surface area contributed by atoms with Crippen LogP contribution < -0.4 is 35.5 Å². The van der Waals surface area contributed by atoms with Crippen LogP contribution >= 0.6 is 23.2 Å². The van der Waals surface area contributed by atoms with Crippen molar-refractivity contribution < 1.29 is 23.8 Å². The number of aromatic nitrogens is 2. The third-order valence-electron chi connectivity index (χ3n) is 9.39. The van der Waals surface area contributed by atoms with Gasteiger partial charge in [-0.1, -0.05) is 65.7 Å². The topological polar surface area (TPSA) is 136 Å². The van der Waals surface area contributed by atoms with Crippen molar-refractivity contribution >= 4 is 35.0 Å². The summed E-state index contributed by atoms with van der Waals surface area (Å²) >= 11 is 14.2. The van der Waals surface area contributed by atoms with Crippen molar-refractivity contribution in [2.75, 3.05) is 33.9 Å². The predicted octanol–water partition coefficient (Wildman–Crippen LogP) is 5.47. The molecule has 4 N–H and O–H groups in total. The minimum Gasteiger partial charge on any atom is -0.491 e. The maximum absolute atomic E-state index is 11.6. The highest BCUT2D eigenvalue weighted by Crippen LogP contribution is 2.45. The standard InChI is InChI=1S/C37H38Cl2N6O5/c1-48-36-20(16-40-17-21-10-13-31(46)42-21)9-12-27(44-36)25-7-3-5-23(34(25)38)24-6-4-8-26(35(24)39)28-15-30-33(37(45-28)49-2)29(19-50-30)41-18-22-11-14-32(47)43-22/h3-9,12,15,21-22,29,40-41H,10-11,13-14,16-19H2,1-2H3,(H,42,46)(H,43,47). The molecule has 2 fully saturated rings. The molecule has 0 spiro atoms. The lowest BCUT2D eigenvalue weighted by Gasteiger charge is -2.18. The smallest absolute Gasteiger partial charge is 0.222 e. The van der Waals surface area contributed by atoms with Gasteiger partial charge >= 0.3 is 0 Å². The van der Waals surface area contributed by atoms with Gasteiger partial charge in [-0.15, -0.1) is 0 Å². The van der Waals surface area contributed by atoms with E-state index >= 15 is 0 Å². The number of benzene rings is 2. The number of ether oxygens (including phenoxy) is 3.